The van der Waals surface area contributed by atoms with Crippen LogP contribution in [0.2, 0.25) is 5.02 Å². The van der Waals surface area contributed by atoms with Gasteiger partial charge in [0.1, 0.15) is 0 Å². The van der Waals surface area contributed by atoms with Crippen molar-refractivity contribution in [3.8, 4) is 16.9 Å². The maximum absolute atomic E-state index is 13.4. The van der Waals surface area contributed by atoms with Gasteiger partial charge in [-0.3, -0.25) is 9.59 Å². The van der Waals surface area contributed by atoms with Gasteiger partial charge in [-0.05, 0) is 30.3 Å². The minimum atomic E-state index is -4.63. The highest BCUT2D eigenvalue weighted by atomic mass is 35.5. The Bertz CT molecular complexity index is 1180. The van der Waals surface area contributed by atoms with E-state index in [4.69, 9.17) is 11.6 Å². The standard InChI is InChI=1S/C23H20ClF3N4O2/c1-15(32)29-10-12-30(13-11-29)22(33)17-8-6-16(7-9-17)20-14-21(23(25,26)27)28-31(20)19-5-3-2-4-18(19)24/h2-9,14H,10-13H2,1H3. The number of carbonyl (C=O) groups excluding carboxylic acids is 2. The van der Waals surface area contributed by atoms with Gasteiger partial charge >= 0.3 is 6.18 Å². The Labute approximate surface area is 193 Å². The molecule has 2 aromatic carbocycles. The highest BCUT2D eigenvalue weighted by molar-refractivity contribution is 6.32. The number of rotatable bonds is 3. The molecule has 0 bridgehead atoms. The van der Waals surface area contributed by atoms with Gasteiger partial charge in [-0.25, -0.2) is 4.68 Å². The first-order valence-corrected chi connectivity index (χ1v) is 10.6. The quantitative estimate of drug-likeness (QED) is 0.558. The molecule has 1 saturated heterocycles. The van der Waals surface area contributed by atoms with Crippen LogP contribution in [-0.2, 0) is 11.0 Å². The highest BCUT2D eigenvalue weighted by Gasteiger charge is 2.35. The molecule has 1 aromatic heterocycles. The van der Waals surface area contributed by atoms with Crippen molar-refractivity contribution < 1.29 is 22.8 Å². The Balaban J connectivity index is 1.63. The number of amides is 2. The lowest BCUT2D eigenvalue weighted by Crippen LogP contribution is -2.50. The number of hydrogen-bond donors (Lipinski definition) is 0. The first-order valence-electron chi connectivity index (χ1n) is 10.2. The summed E-state index contributed by atoms with van der Waals surface area (Å²) in [5.74, 6) is -0.222. The van der Waals surface area contributed by atoms with Crippen LogP contribution in [0.3, 0.4) is 0 Å². The average molecular weight is 477 g/mol. The number of carbonyl (C=O) groups is 2. The van der Waals surface area contributed by atoms with Crippen LogP contribution in [0.5, 0.6) is 0 Å². The topological polar surface area (TPSA) is 58.4 Å². The summed E-state index contributed by atoms with van der Waals surface area (Å²) in [6.45, 7) is 3.28. The van der Waals surface area contributed by atoms with Crippen molar-refractivity contribution in [3.05, 3.63) is 70.9 Å². The summed E-state index contributed by atoms with van der Waals surface area (Å²) in [7, 11) is 0. The van der Waals surface area contributed by atoms with Gasteiger partial charge in [0.15, 0.2) is 5.69 Å². The second kappa shape index (κ2) is 8.90. The molecule has 0 atom stereocenters. The summed E-state index contributed by atoms with van der Waals surface area (Å²) in [5.41, 5.74) is 0.337. The van der Waals surface area contributed by atoms with Crippen molar-refractivity contribution in [3.63, 3.8) is 0 Å². The third-order valence-corrected chi connectivity index (χ3v) is 5.84. The van der Waals surface area contributed by atoms with E-state index in [0.717, 1.165) is 10.7 Å². The number of piperazine rings is 1. The Morgan fingerprint density at radius 1 is 0.939 bits per heavy atom. The Morgan fingerprint density at radius 3 is 2.12 bits per heavy atom. The van der Waals surface area contributed by atoms with Crippen molar-refractivity contribution in [1.29, 1.82) is 0 Å². The maximum Gasteiger partial charge on any atom is 0.435 e. The fourth-order valence-electron chi connectivity index (χ4n) is 3.72. The average Bonchev–Trinajstić information content (AvgIpc) is 3.25. The highest BCUT2D eigenvalue weighted by Crippen LogP contribution is 2.34. The number of para-hydroxylation sites is 1. The van der Waals surface area contributed by atoms with Gasteiger partial charge < -0.3 is 9.80 Å². The number of benzene rings is 2. The monoisotopic (exact) mass is 476 g/mol. The summed E-state index contributed by atoms with van der Waals surface area (Å²) in [4.78, 5) is 27.6. The molecular formula is C23H20ClF3N4O2. The minimum absolute atomic E-state index is 0.0280. The molecule has 0 aliphatic carbocycles. The van der Waals surface area contributed by atoms with Crippen LogP contribution < -0.4 is 0 Å². The number of halogens is 4. The zero-order valence-electron chi connectivity index (χ0n) is 17.6. The summed E-state index contributed by atoms with van der Waals surface area (Å²) in [6, 6.07) is 13.8. The second-order valence-corrected chi connectivity index (χ2v) is 8.06. The van der Waals surface area contributed by atoms with Gasteiger partial charge in [-0.2, -0.15) is 18.3 Å². The van der Waals surface area contributed by atoms with Crippen LogP contribution in [0.15, 0.2) is 54.6 Å². The van der Waals surface area contributed by atoms with Gasteiger partial charge in [0.25, 0.3) is 5.91 Å². The molecule has 0 saturated carbocycles. The van der Waals surface area contributed by atoms with Crippen molar-refractivity contribution in [2.45, 2.75) is 13.1 Å². The van der Waals surface area contributed by atoms with Crippen molar-refractivity contribution in [2.24, 2.45) is 0 Å². The summed E-state index contributed by atoms with van der Waals surface area (Å²) >= 11 is 6.21. The molecule has 1 aliphatic heterocycles. The van der Waals surface area contributed by atoms with Crippen LogP contribution in [-0.4, -0.2) is 57.6 Å². The lowest BCUT2D eigenvalue weighted by Gasteiger charge is -2.34. The Morgan fingerprint density at radius 2 is 1.55 bits per heavy atom. The van der Waals surface area contributed by atoms with E-state index in [9.17, 15) is 22.8 Å². The molecule has 172 valence electrons. The molecule has 33 heavy (non-hydrogen) atoms. The molecule has 4 rings (SSSR count). The molecule has 0 spiro atoms. The van der Waals surface area contributed by atoms with Crippen LogP contribution in [0.25, 0.3) is 16.9 Å². The third kappa shape index (κ3) is 4.73. The molecule has 0 N–H and O–H groups in total. The van der Waals surface area contributed by atoms with E-state index in [1.54, 1.807) is 58.3 Å². The fraction of sp³-hybridized carbons (Fsp3) is 0.261. The van der Waals surface area contributed by atoms with E-state index >= 15 is 0 Å². The summed E-state index contributed by atoms with van der Waals surface area (Å²) < 4.78 is 41.3. The Kier molecular flexibility index (Phi) is 6.16. The van der Waals surface area contributed by atoms with E-state index < -0.39 is 11.9 Å². The van der Waals surface area contributed by atoms with Crippen molar-refractivity contribution in [1.82, 2.24) is 19.6 Å². The lowest BCUT2D eigenvalue weighted by molar-refractivity contribution is -0.141. The van der Waals surface area contributed by atoms with E-state index in [0.29, 0.717) is 43.0 Å². The van der Waals surface area contributed by atoms with E-state index in [-0.39, 0.29) is 22.5 Å². The molecule has 2 amide bonds. The largest absolute Gasteiger partial charge is 0.435 e. The molecule has 1 fully saturated rings. The SMILES string of the molecule is CC(=O)N1CCN(C(=O)c2ccc(-c3cc(C(F)(F)F)nn3-c3ccccc3Cl)cc2)CC1. The minimum Gasteiger partial charge on any atom is -0.339 e. The van der Waals surface area contributed by atoms with Gasteiger partial charge in [-0.1, -0.05) is 35.9 Å². The molecule has 6 nitrogen and oxygen atoms in total. The first kappa shape index (κ1) is 22.8. The molecule has 10 heteroatoms. The number of aromatic nitrogens is 2. The van der Waals surface area contributed by atoms with Crippen LogP contribution in [0.1, 0.15) is 23.0 Å². The smallest absolute Gasteiger partial charge is 0.339 e. The van der Waals surface area contributed by atoms with Crippen molar-refractivity contribution >= 4 is 23.4 Å². The van der Waals surface area contributed by atoms with Gasteiger partial charge in [-0.15, -0.1) is 0 Å². The number of nitrogens with zero attached hydrogens (tertiary/aromatic N) is 4. The van der Waals surface area contributed by atoms with Gasteiger partial charge in [0, 0.05) is 44.2 Å². The summed E-state index contributed by atoms with van der Waals surface area (Å²) in [5, 5.41) is 4.00. The molecule has 2 heterocycles. The molecule has 0 radical (unpaired) electrons. The molecular weight excluding hydrogens is 457 g/mol. The Hall–Kier alpha value is -3.33. The predicted octanol–water partition coefficient (Wildman–Crippen LogP) is 4.52. The summed E-state index contributed by atoms with van der Waals surface area (Å²) in [6.07, 6.45) is -4.63. The zero-order valence-corrected chi connectivity index (χ0v) is 18.4. The van der Waals surface area contributed by atoms with Gasteiger partial charge in [0.2, 0.25) is 5.91 Å². The van der Waals surface area contributed by atoms with Gasteiger partial charge in [0.05, 0.1) is 16.4 Å². The van der Waals surface area contributed by atoms with Crippen LogP contribution in [0, 0.1) is 0 Å². The maximum atomic E-state index is 13.4. The normalized spacial score (nSPS) is 14.5. The van der Waals surface area contributed by atoms with E-state index in [2.05, 4.69) is 5.10 Å². The predicted molar refractivity (Wildman–Crippen MR) is 117 cm³/mol. The van der Waals surface area contributed by atoms with Crippen LogP contribution >= 0.6 is 11.6 Å². The van der Waals surface area contributed by atoms with Crippen LogP contribution in [0.4, 0.5) is 13.2 Å². The second-order valence-electron chi connectivity index (χ2n) is 7.65. The molecule has 1 aliphatic rings. The molecule has 3 aromatic rings. The van der Waals surface area contributed by atoms with Crippen molar-refractivity contribution in [2.75, 3.05) is 26.2 Å². The zero-order chi connectivity index (χ0) is 23.8. The third-order valence-electron chi connectivity index (χ3n) is 5.52. The fourth-order valence-corrected chi connectivity index (χ4v) is 3.94. The number of hydrogen-bond acceptors (Lipinski definition) is 3. The lowest BCUT2D eigenvalue weighted by atomic mass is 10.1. The number of alkyl halides is 3. The van der Waals surface area contributed by atoms with E-state index in [1.807, 2.05) is 0 Å². The first-order chi connectivity index (χ1) is 15.6. The molecule has 0 unspecified atom stereocenters. The van der Waals surface area contributed by atoms with E-state index in [1.165, 1.54) is 6.92 Å².